The zero-order valence-electron chi connectivity index (χ0n) is 14.4. The summed E-state index contributed by atoms with van der Waals surface area (Å²) >= 11 is 0. The van der Waals surface area contributed by atoms with Crippen molar-refractivity contribution in [3.63, 3.8) is 0 Å². The first-order valence-electron chi connectivity index (χ1n) is 7.97. The largest absolute Gasteiger partial charge is 0.481 e. The van der Waals surface area contributed by atoms with E-state index in [1.54, 1.807) is 0 Å². The van der Waals surface area contributed by atoms with Crippen molar-refractivity contribution in [2.75, 3.05) is 0 Å². The molecule has 20 heavy (non-hydrogen) atoms. The third kappa shape index (κ3) is 3.74. The standard InChI is InChI=1S/C15H33NO2Si2/c1-8-15(14(17)18)11-9-13(10-12-15)16(19(2,3)4)20(5,6)7/h13H,8-12H2,1-7H3,(H,17,18). The van der Waals surface area contributed by atoms with Crippen LogP contribution in [0.2, 0.25) is 39.3 Å². The van der Waals surface area contributed by atoms with E-state index in [2.05, 4.69) is 43.5 Å². The van der Waals surface area contributed by atoms with Gasteiger partial charge in [0.15, 0.2) is 0 Å². The molecule has 118 valence electrons. The maximum absolute atomic E-state index is 11.6. The van der Waals surface area contributed by atoms with Gasteiger partial charge in [0.2, 0.25) is 0 Å². The number of hydrogen-bond acceptors (Lipinski definition) is 2. The second-order valence-corrected chi connectivity index (χ2v) is 18.5. The zero-order valence-corrected chi connectivity index (χ0v) is 16.4. The molecule has 0 atom stereocenters. The summed E-state index contributed by atoms with van der Waals surface area (Å²) in [5.41, 5.74) is -0.443. The van der Waals surface area contributed by atoms with E-state index in [0.717, 1.165) is 32.1 Å². The normalized spacial score (nSPS) is 28.7. The molecular formula is C15H33NO2Si2. The predicted molar refractivity (Wildman–Crippen MR) is 91.1 cm³/mol. The summed E-state index contributed by atoms with van der Waals surface area (Å²) in [5, 5.41) is 9.54. The highest BCUT2D eigenvalue weighted by Gasteiger charge is 2.45. The summed E-state index contributed by atoms with van der Waals surface area (Å²) in [6.07, 6.45) is 4.61. The highest BCUT2D eigenvalue weighted by atomic mass is 28.4. The lowest BCUT2D eigenvalue weighted by Crippen LogP contribution is -2.64. The van der Waals surface area contributed by atoms with Crippen LogP contribution in [0.3, 0.4) is 0 Å². The topological polar surface area (TPSA) is 40.5 Å². The molecule has 1 aliphatic rings. The molecule has 0 aliphatic heterocycles. The molecular weight excluding hydrogens is 282 g/mol. The van der Waals surface area contributed by atoms with Crippen LogP contribution in [-0.4, -0.2) is 37.8 Å². The van der Waals surface area contributed by atoms with Gasteiger partial charge in [-0.25, -0.2) is 0 Å². The van der Waals surface area contributed by atoms with E-state index in [4.69, 9.17) is 0 Å². The van der Waals surface area contributed by atoms with Crippen molar-refractivity contribution < 1.29 is 9.90 Å². The smallest absolute Gasteiger partial charge is 0.309 e. The van der Waals surface area contributed by atoms with Crippen molar-refractivity contribution in [3.05, 3.63) is 0 Å². The van der Waals surface area contributed by atoms with Crippen molar-refractivity contribution in [1.82, 2.24) is 4.23 Å². The molecule has 0 bridgehead atoms. The quantitative estimate of drug-likeness (QED) is 0.765. The van der Waals surface area contributed by atoms with Crippen LogP contribution >= 0.6 is 0 Å². The lowest BCUT2D eigenvalue weighted by Gasteiger charge is -2.52. The van der Waals surface area contributed by atoms with E-state index in [1.165, 1.54) is 0 Å². The lowest BCUT2D eigenvalue weighted by molar-refractivity contribution is -0.151. The van der Waals surface area contributed by atoms with Crippen LogP contribution in [0.1, 0.15) is 39.0 Å². The number of hydrogen-bond donors (Lipinski definition) is 1. The molecule has 5 heteroatoms. The molecule has 0 aromatic carbocycles. The Hall–Kier alpha value is -0.136. The van der Waals surface area contributed by atoms with Gasteiger partial charge in [0.1, 0.15) is 16.5 Å². The van der Waals surface area contributed by atoms with E-state index in [-0.39, 0.29) is 0 Å². The van der Waals surface area contributed by atoms with Gasteiger partial charge in [-0.05, 0) is 38.1 Å². The Kier molecular flexibility index (Phi) is 5.31. The highest BCUT2D eigenvalue weighted by Crippen LogP contribution is 2.42. The van der Waals surface area contributed by atoms with E-state index in [1.807, 2.05) is 6.92 Å². The molecule has 0 unspecified atom stereocenters. The third-order valence-electron chi connectivity index (χ3n) is 4.85. The third-order valence-corrected chi connectivity index (χ3v) is 12.5. The molecule has 1 aliphatic carbocycles. The lowest BCUT2D eigenvalue weighted by atomic mass is 9.71. The van der Waals surface area contributed by atoms with E-state index in [9.17, 15) is 9.90 Å². The van der Waals surface area contributed by atoms with Gasteiger partial charge < -0.3 is 9.34 Å². The highest BCUT2D eigenvalue weighted by molar-refractivity contribution is 6.89. The molecule has 1 N–H and O–H groups in total. The molecule has 0 radical (unpaired) electrons. The van der Waals surface area contributed by atoms with Crippen LogP contribution in [-0.2, 0) is 4.79 Å². The number of rotatable bonds is 5. The van der Waals surface area contributed by atoms with Gasteiger partial charge >= 0.3 is 5.97 Å². The minimum Gasteiger partial charge on any atom is -0.481 e. The van der Waals surface area contributed by atoms with Crippen LogP contribution in [0, 0.1) is 5.41 Å². The summed E-state index contributed by atoms with van der Waals surface area (Å²) in [6, 6.07) is 0.618. The molecule has 1 rings (SSSR count). The molecule has 0 saturated heterocycles. The number of nitrogens with zero attached hydrogens (tertiary/aromatic N) is 1. The molecule has 1 fully saturated rings. The summed E-state index contributed by atoms with van der Waals surface area (Å²) in [6.45, 7) is 16.6. The first-order chi connectivity index (χ1) is 8.94. The van der Waals surface area contributed by atoms with Crippen molar-refractivity contribution >= 4 is 22.4 Å². The van der Waals surface area contributed by atoms with Crippen molar-refractivity contribution in [2.45, 2.75) is 84.4 Å². The first kappa shape index (κ1) is 17.9. The van der Waals surface area contributed by atoms with Crippen molar-refractivity contribution in [2.24, 2.45) is 5.41 Å². The monoisotopic (exact) mass is 315 g/mol. The van der Waals surface area contributed by atoms with Crippen LogP contribution in [0.25, 0.3) is 0 Å². The first-order valence-corrected chi connectivity index (χ1v) is 14.9. The van der Waals surface area contributed by atoms with E-state index in [0.29, 0.717) is 6.04 Å². The summed E-state index contributed by atoms with van der Waals surface area (Å²) < 4.78 is 2.86. The number of carboxylic acids is 1. The molecule has 0 spiro atoms. The number of carbonyl (C=O) groups is 1. The molecule has 0 heterocycles. The second kappa shape index (κ2) is 5.93. The minimum atomic E-state index is -1.35. The van der Waals surface area contributed by atoms with Gasteiger partial charge in [0.25, 0.3) is 0 Å². The van der Waals surface area contributed by atoms with Gasteiger partial charge in [-0.2, -0.15) is 0 Å². The Morgan fingerprint density at radius 2 is 1.50 bits per heavy atom. The Bertz CT molecular complexity index is 336. The van der Waals surface area contributed by atoms with Crippen molar-refractivity contribution in [3.8, 4) is 0 Å². The minimum absolute atomic E-state index is 0.443. The summed E-state index contributed by atoms with van der Waals surface area (Å²) in [7, 11) is -2.69. The Balaban J connectivity index is 2.89. The van der Waals surface area contributed by atoms with E-state index >= 15 is 0 Å². The average Bonchev–Trinajstić information content (AvgIpc) is 2.26. The summed E-state index contributed by atoms with van der Waals surface area (Å²) in [5.74, 6) is -0.578. The fourth-order valence-electron chi connectivity index (χ4n) is 4.23. The fraction of sp³-hybridized carbons (Fsp3) is 0.933. The van der Waals surface area contributed by atoms with Gasteiger partial charge in [-0.1, -0.05) is 46.2 Å². The number of carboxylic acid groups (broad SMARTS) is 1. The van der Waals surface area contributed by atoms with Crippen LogP contribution in [0.5, 0.6) is 0 Å². The molecule has 0 amide bonds. The van der Waals surface area contributed by atoms with Crippen LogP contribution in [0.15, 0.2) is 0 Å². The van der Waals surface area contributed by atoms with Crippen LogP contribution < -0.4 is 0 Å². The molecule has 0 aromatic heterocycles. The maximum atomic E-state index is 11.6. The van der Waals surface area contributed by atoms with Crippen LogP contribution in [0.4, 0.5) is 0 Å². The SMILES string of the molecule is CCC1(C(=O)O)CCC(N([Si](C)(C)C)[Si](C)(C)C)CC1. The summed E-state index contributed by atoms with van der Waals surface area (Å²) in [4.78, 5) is 11.6. The zero-order chi connectivity index (χ0) is 15.8. The molecule has 0 aromatic rings. The maximum Gasteiger partial charge on any atom is 0.309 e. The van der Waals surface area contributed by atoms with E-state index < -0.39 is 27.9 Å². The van der Waals surface area contributed by atoms with Gasteiger partial charge in [-0.15, -0.1) is 0 Å². The Morgan fingerprint density at radius 1 is 1.10 bits per heavy atom. The van der Waals surface area contributed by atoms with Crippen molar-refractivity contribution in [1.29, 1.82) is 0 Å². The second-order valence-electron chi connectivity index (χ2n) is 8.38. The fourth-order valence-corrected chi connectivity index (χ4v) is 15.0. The molecule has 3 nitrogen and oxygen atoms in total. The predicted octanol–water partition coefficient (Wildman–Crippen LogP) is 4.38. The Labute approximate surface area is 126 Å². The Morgan fingerprint density at radius 3 is 1.75 bits per heavy atom. The van der Waals surface area contributed by atoms with Gasteiger partial charge in [0, 0.05) is 0 Å². The molecule has 1 saturated carbocycles. The average molecular weight is 316 g/mol. The number of aliphatic carboxylic acids is 1. The van der Waals surface area contributed by atoms with Gasteiger partial charge in [0.05, 0.1) is 5.41 Å². The van der Waals surface area contributed by atoms with Gasteiger partial charge in [-0.3, -0.25) is 4.79 Å².